The van der Waals surface area contributed by atoms with Gasteiger partial charge < -0.3 is 18.9 Å². The van der Waals surface area contributed by atoms with E-state index in [1.165, 1.54) is 11.3 Å². The first-order chi connectivity index (χ1) is 17.0. The van der Waals surface area contributed by atoms with Crippen molar-refractivity contribution in [3.63, 3.8) is 0 Å². The van der Waals surface area contributed by atoms with E-state index < -0.39 is 0 Å². The van der Waals surface area contributed by atoms with Crippen LogP contribution in [0, 0.1) is 0 Å². The van der Waals surface area contributed by atoms with E-state index in [0.717, 1.165) is 15.6 Å². The van der Waals surface area contributed by atoms with Crippen LogP contribution in [0.15, 0.2) is 70.5 Å². The zero-order chi connectivity index (χ0) is 24.8. The number of aromatic nitrogens is 1. The first kappa shape index (κ1) is 24.6. The monoisotopic (exact) mass is 554 g/mol. The molecule has 0 aliphatic rings. The molecule has 4 aromatic rings. The molecular weight excluding hydrogens is 532 g/mol. The average Bonchev–Trinajstić information content (AvgIpc) is 3.36. The molecule has 1 heterocycles. The number of benzene rings is 3. The summed E-state index contributed by atoms with van der Waals surface area (Å²) in [4.78, 5) is 17.5. The van der Waals surface area contributed by atoms with Crippen molar-refractivity contribution in [1.29, 1.82) is 0 Å². The van der Waals surface area contributed by atoms with Crippen LogP contribution in [0.3, 0.4) is 0 Å². The van der Waals surface area contributed by atoms with Gasteiger partial charge in [-0.25, -0.2) is 4.98 Å². The van der Waals surface area contributed by atoms with E-state index in [0.29, 0.717) is 39.4 Å². The Labute approximate surface area is 215 Å². The Bertz CT molecular complexity index is 1320. The number of anilines is 1. The number of thiazole rings is 1. The number of amides is 1. The van der Waals surface area contributed by atoms with Gasteiger partial charge in [0.1, 0.15) is 29.6 Å². The molecule has 35 heavy (non-hydrogen) atoms. The van der Waals surface area contributed by atoms with Gasteiger partial charge >= 0.3 is 0 Å². The summed E-state index contributed by atoms with van der Waals surface area (Å²) >= 11 is 4.74. The zero-order valence-electron chi connectivity index (χ0n) is 19.3. The predicted molar refractivity (Wildman–Crippen MR) is 140 cm³/mol. The molecule has 0 bridgehead atoms. The number of halogens is 1. The summed E-state index contributed by atoms with van der Waals surface area (Å²) in [5.74, 6) is 2.43. The Kier molecular flexibility index (Phi) is 7.89. The Balaban J connectivity index is 1.50. The molecule has 0 radical (unpaired) electrons. The second-order valence-corrected chi connectivity index (χ2v) is 9.10. The maximum absolute atomic E-state index is 13.0. The van der Waals surface area contributed by atoms with Crippen LogP contribution < -0.4 is 24.3 Å². The number of methoxy groups -OCH3 is 3. The highest BCUT2D eigenvalue weighted by Crippen LogP contribution is 2.35. The minimum absolute atomic E-state index is 0.253. The van der Waals surface area contributed by atoms with Gasteiger partial charge in [-0.3, -0.25) is 10.1 Å². The zero-order valence-corrected chi connectivity index (χ0v) is 21.7. The van der Waals surface area contributed by atoms with Gasteiger partial charge in [0.2, 0.25) is 0 Å². The van der Waals surface area contributed by atoms with E-state index in [-0.39, 0.29) is 12.5 Å². The van der Waals surface area contributed by atoms with Crippen LogP contribution in [-0.2, 0) is 6.61 Å². The molecule has 0 unspecified atom stereocenters. The van der Waals surface area contributed by atoms with E-state index in [4.69, 9.17) is 18.9 Å². The number of nitrogens with one attached hydrogen (secondary N) is 1. The van der Waals surface area contributed by atoms with Crippen molar-refractivity contribution in [2.24, 2.45) is 0 Å². The molecule has 0 fully saturated rings. The van der Waals surface area contributed by atoms with Crippen molar-refractivity contribution >= 4 is 38.3 Å². The Morgan fingerprint density at radius 3 is 2.34 bits per heavy atom. The maximum Gasteiger partial charge on any atom is 0.257 e. The average molecular weight is 555 g/mol. The van der Waals surface area contributed by atoms with Crippen LogP contribution in [0.1, 0.15) is 15.9 Å². The second kappa shape index (κ2) is 11.2. The van der Waals surface area contributed by atoms with Gasteiger partial charge in [0.15, 0.2) is 5.13 Å². The van der Waals surface area contributed by atoms with E-state index in [1.807, 2.05) is 47.8 Å². The van der Waals surface area contributed by atoms with Gasteiger partial charge in [0, 0.05) is 26.5 Å². The molecule has 1 amide bonds. The quantitative estimate of drug-likeness (QED) is 0.257. The van der Waals surface area contributed by atoms with E-state index >= 15 is 0 Å². The SMILES string of the molecule is COc1ccc(OC)c(-c2csc(NC(=O)c3ccc(OC)c(COc4ccc(Br)cc4)c3)n2)c1. The van der Waals surface area contributed by atoms with Crippen molar-refractivity contribution in [3.05, 3.63) is 81.6 Å². The van der Waals surface area contributed by atoms with Gasteiger partial charge in [-0.2, -0.15) is 0 Å². The molecule has 3 aromatic carbocycles. The Morgan fingerprint density at radius 1 is 0.914 bits per heavy atom. The maximum atomic E-state index is 13.0. The van der Waals surface area contributed by atoms with Crippen LogP contribution in [0.25, 0.3) is 11.3 Å². The van der Waals surface area contributed by atoms with Crippen LogP contribution in [-0.4, -0.2) is 32.2 Å². The lowest BCUT2D eigenvalue weighted by molar-refractivity contribution is 0.102. The van der Waals surface area contributed by atoms with E-state index in [1.54, 1.807) is 39.5 Å². The largest absolute Gasteiger partial charge is 0.497 e. The third-order valence-electron chi connectivity index (χ3n) is 5.16. The second-order valence-electron chi connectivity index (χ2n) is 7.33. The molecule has 0 saturated carbocycles. The molecule has 1 aromatic heterocycles. The van der Waals surface area contributed by atoms with Crippen molar-refractivity contribution < 1.29 is 23.7 Å². The van der Waals surface area contributed by atoms with Crippen LogP contribution in [0.2, 0.25) is 0 Å². The van der Waals surface area contributed by atoms with Gasteiger partial charge in [-0.15, -0.1) is 11.3 Å². The molecule has 0 spiro atoms. The van der Waals surface area contributed by atoms with Gasteiger partial charge in [-0.1, -0.05) is 15.9 Å². The highest BCUT2D eigenvalue weighted by Gasteiger charge is 2.15. The lowest BCUT2D eigenvalue weighted by atomic mass is 10.1. The predicted octanol–water partition coefficient (Wildman–Crippen LogP) is 6.43. The molecule has 4 rings (SSSR count). The number of carbonyl (C=O) groups is 1. The number of nitrogens with zero attached hydrogens (tertiary/aromatic N) is 1. The molecule has 0 aliphatic carbocycles. The normalized spacial score (nSPS) is 10.5. The highest BCUT2D eigenvalue weighted by molar-refractivity contribution is 9.10. The molecule has 180 valence electrons. The Morgan fingerprint density at radius 2 is 1.63 bits per heavy atom. The summed E-state index contributed by atoms with van der Waals surface area (Å²) in [7, 11) is 4.79. The fourth-order valence-electron chi connectivity index (χ4n) is 3.36. The molecule has 1 N–H and O–H groups in total. The molecule has 0 aliphatic heterocycles. The third kappa shape index (κ3) is 5.93. The minimum Gasteiger partial charge on any atom is -0.497 e. The fraction of sp³-hybridized carbons (Fsp3) is 0.154. The number of rotatable bonds is 9. The number of hydrogen-bond donors (Lipinski definition) is 1. The van der Waals surface area contributed by atoms with Crippen molar-refractivity contribution in [2.75, 3.05) is 26.6 Å². The smallest absolute Gasteiger partial charge is 0.257 e. The third-order valence-corrected chi connectivity index (χ3v) is 6.44. The van der Waals surface area contributed by atoms with Crippen LogP contribution in [0.4, 0.5) is 5.13 Å². The summed E-state index contributed by atoms with van der Waals surface area (Å²) in [6.45, 7) is 0.253. The van der Waals surface area contributed by atoms with E-state index in [2.05, 4.69) is 26.2 Å². The van der Waals surface area contributed by atoms with Crippen molar-refractivity contribution in [3.8, 4) is 34.3 Å². The summed E-state index contributed by atoms with van der Waals surface area (Å²) in [5.41, 5.74) is 2.68. The summed E-state index contributed by atoms with van der Waals surface area (Å²) in [5, 5.41) is 5.20. The number of ether oxygens (including phenoxy) is 4. The molecule has 7 nitrogen and oxygen atoms in total. The molecule has 9 heteroatoms. The summed E-state index contributed by atoms with van der Waals surface area (Å²) in [6, 6.07) is 18.2. The van der Waals surface area contributed by atoms with Crippen LogP contribution >= 0.6 is 27.3 Å². The van der Waals surface area contributed by atoms with Gasteiger partial charge in [-0.05, 0) is 60.7 Å². The lowest BCUT2D eigenvalue weighted by Crippen LogP contribution is -2.12. The minimum atomic E-state index is -0.281. The molecular formula is C26H23BrN2O5S. The van der Waals surface area contributed by atoms with Crippen LogP contribution in [0.5, 0.6) is 23.0 Å². The summed E-state index contributed by atoms with van der Waals surface area (Å²) in [6.07, 6.45) is 0. The molecule has 0 saturated heterocycles. The topological polar surface area (TPSA) is 78.9 Å². The van der Waals surface area contributed by atoms with Crippen molar-refractivity contribution in [2.45, 2.75) is 6.61 Å². The highest BCUT2D eigenvalue weighted by atomic mass is 79.9. The van der Waals surface area contributed by atoms with E-state index in [9.17, 15) is 4.79 Å². The van der Waals surface area contributed by atoms with Gasteiger partial charge in [0.05, 0.1) is 27.0 Å². The lowest BCUT2D eigenvalue weighted by Gasteiger charge is -2.12. The molecule has 0 atom stereocenters. The summed E-state index contributed by atoms with van der Waals surface area (Å²) < 4.78 is 23.1. The van der Waals surface area contributed by atoms with Gasteiger partial charge in [0.25, 0.3) is 5.91 Å². The standard InChI is InChI=1S/C26H23BrN2O5S/c1-31-20-9-11-24(33-3)21(13-20)22-15-35-26(28-22)29-25(30)16-4-10-23(32-2)17(12-16)14-34-19-7-5-18(27)6-8-19/h4-13,15H,14H2,1-3H3,(H,28,29,30). The first-order valence-electron chi connectivity index (χ1n) is 10.5. The number of carbonyl (C=O) groups excluding carboxylic acids is 1. The number of hydrogen-bond acceptors (Lipinski definition) is 7. The fourth-order valence-corrected chi connectivity index (χ4v) is 4.33. The van der Waals surface area contributed by atoms with Crippen molar-refractivity contribution in [1.82, 2.24) is 4.98 Å². The first-order valence-corrected chi connectivity index (χ1v) is 12.2. The Hall–Kier alpha value is -3.56.